The van der Waals surface area contributed by atoms with Crippen molar-refractivity contribution < 1.29 is 18.3 Å². The zero-order chi connectivity index (χ0) is 13.1. The first kappa shape index (κ1) is 14.8. The maximum atomic E-state index is 12.5. The predicted octanol–water partition coefficient (Wildman–Crippen LogP) is 4.30. The van der Waals surface area contributed by atoms with E-state index in [1.165, 1.54) is 0 Å². The molecule has 0 saturated heterocycles. The molecule has 1 nitrogen and oxygen atoms in total. The van der Waals surface area contributed by atoms with Crippen LogP contribution in [0, 0.1) is 11.8 Å². The van der Waals surface area contributed by atoms with Crippen LogP contribution in [0.4, 0.5) is 13.2 Å². The van der Waals surface area contributed by atoms with E-state index in [1.807, 2.05) is 0 Å². The van der Waals surface area contributed by atoms with Gasteiger partial charge in [-0.05, 0) is 38.0 Å². The quantitative estimate of drug-likeness (QED) is 0.791. The van der Waals surface area contributed by atoms with Gasteiger partial charge in [0.2, 0.25) is 0 Å². The molecule has 0 bridgehead atoms. The van der Waals surface area contributed by atoms with Gasteiger partial charge in [0.1, 0.15) is 0 Å². The zero-order valence-corrected chi connectivity index (χ0v) is 10.7. The standard InChI is InChI=1S/C13H23F3O/c1-3-4-10(2)9-12(17)7-5-11(6-8-12)13(14,15)16/h10-11,17H,3-9H2,1-2H3. The van der Waals surface area contributed by atoms with E-state index >= 15 is 0 Å². The van der Waals surface area contributed by atoms with Crippen LogP contribution in [0.15, 0.2) is 0 Å². The third-order valence-electron chi connectivity index (χ3n) is 3.89. The van der Waals surface area contributed by atoms with Crippen LogP contribution in [0.2, 0.25) is 0 Å². The largest absolute Gasteiger partial charge is 0.391 e. The van der Waals surface area contributed by atoms with Crippen molar-refractivity contribution in [1.82, 2.24) is 0 Å². The van der Waals surface area contributed by atoms with Gasteiger partial charge < -0.3 is 5.11 Å². The molecule has 0 aliphatic heterocycles. The van der Waals surface area contributed by atoms with Crippen molar-refractivity contribution in [2.75, 3.05) is 0 Å². The summed E-state index contributed by atoms with van der Waals surface area (Å²) in [6, 6.07) is 0. The van der Waals surface area contributed by atoms with Gasteiger partial charge in [-0.3, -0.25) is 0 Å². The van der Waals surface area contributed by atoms with Crippen molar-refractivity contribution in [3.63, 3.8) is 0 Å². The third kappa shape index (κ3) is 4.49. The van der Waals surface area contributed by atoms with Crippen LogP contribution < -0.4 is 0 Å². The molecule has 1 unspecified atom stereocenters. The molecule has 1 aliphatic carbocycles. The van der Waals surface area contributed by atoms with Crippen molar-refractivity contribution in [3.05, 3.63) is 0 Å². The molecule has 0 aromatic rings. The fourth-order valence-electron chi connectivity index (χ4n) is 2.93. The minimum atomic E-state index is -4.09. The van der Waals surface area contributed by atoms with Crippen LogP contribution in [0.3, 0.4) is 0 Å². The lowest BCUT2D eigenvalue weighted by molar-refractivity contribution is -0.193. The van der Waals surface area contributed by atoms with Crippen molar-refractivity contribution in [1.29, 1.82) is 0 Å². The van der Waals surface area contributed by atoms with Gasteiger partial charge in [0, 0.05) is 0 Å². The maximum Gasteiger partial charge on any atom is 0.391 e. The first-order chi connectivity index (χ1) is 7.77. The molecule has 1 N–H and O–H groups in total. The van der Waals surface area contributed by atoms with E-state index in [-0.39, 0.29) is 12.8 Å². The van der Waals surface area contributed by atoms with Gasteiger partial charge in [0.25, 0.3) is 0 Å². The number of rotatable bonds is 4. The fourth-order valence-corrected chi connectivity index (χ4v) is 2.93. The minimum absolute atomic E-state index is 0.0822. The highest BCUT2D eigenvalue weighted by Gasteiger charge is 2.45. The van der Waals surface area contributed by atoms with E-state index in [0.29, 0.717) is 25.2 Å². The molecule has 0 aromatic heterocycles. The molecule has 1 fully saturated rings. The summed E-state index contributed by atoms with van der Waals surface area (Å²) in [6.45, 7) is 4.15. The normalized spacial score (nSPS) is 32.5. The molecule has 0 aromatic carbocycles. The molecule has 1 rings (SSSR count). The average Bonchev–Trinajstić information content (AvgIpc) is 2.16. The number of hydrogen-bond acceptors (Lipinski definition) is 1. The van der Waals surface area contributed by atoms with Crippen molar-refractivity contribution in [3.8, 4) is 0 Å². The predicted molar refractivity (Wildman–Crippen MR) is 61.7 cm³/mol. The van der Waals surface area contributed by atoms with E-state index in [1.54, 1.807) is 0 Å². The summed E-state index contributed by atoms with van der Waals surface area (Å²) in [7, 11) is 0. The van der Waals surface area contributed by atoms with Crippen LogP contribution >= 0.6 is 0 Å². The topological polar surface area (TPSA) is 20.2 Å². The second-order valence-electron chi connectivity index (χ2n) is 5.64. The Hall–Kier alpha value is -0.250. The summed E-state index contributed by atoms with van der Waals surface area (Å²) < 4.78 is 37.5. The molecular formula is C13H23F3O. The lowest BCUT2D eigenvalue weighted by Gasteiger charge is -2.38. The molecule has 4 heteroatoms. The lowest BCUT2D eigenvalue weighted by Crippen LogP contribution is -2.39. The molecule has 1 saturated carbocycles. The second kappa shape index (κ2) is 5.59. The molecule has 0 spiro atoms. The molecule has 1 atom stereocenters. The Morgan fingerprint density at radius 1 is 1.29 bits per heavy atom. The van der Waals surface area contributed by atoms with E-state index in [2.05, 4.69) is 13.8 Å². The third-order valence-corrected chi connectivity index (χ3v) is 3.89. The highest BCUT2D eigenvalue weighted by atomic mass is 19.4. The number of halogens is 3. The highest BCUT2D eigenvalue weighted by molar-refractivity contribution is 4.88. The van der Waals surface area contributed by atoms with Crippen molar-refractivity contribution in [2.45, 2.75) is 70.6 Å². The molecule has 0 radical (unpaired) electrons. The van der Waals surface area contributed by atoms with Crippen LogP contribution in [-0.2, 0) is 0 Å². The van der Waals surface area contributed by atoms with Crippen LogP contribution in [-0.4, -0.2) is 16.9 Å². The Morgan fingerprint density at radius 3 is 2.24 bits per heavy atom. The smallest absolute Gasteiger partial charge is 0.390 e. The Kier molecular flexibility index (Phi) is 4.87. The molecule has 102 valence electrons. The number of hydrogen-bond donors (Lipinski definition) is 1. The SMILES string of the molecule is CCCC(C)CC1(O)CCC(C(F)(F)F)CC1. The van der Waals surface area contributed by atoms with Gasteiger partial charge in [0.15, 0.2) is 0 Å². The fraction of sp³-hybridized carbons (Fsp3) is 1.00. The molecule has 1 aliphatic rings. The summed E-state index contributed by atoms with van der Waals surface area (Å²) in [4.78, 5) is 0. The summed E-state index contributed by atoms with van der Waals surface area (Å²) >= 11 is 0. The van der Waals surface area contributed by atoms with Crippen molar-refractivity contribution in [2.24, 2.45) is 11.8 Å². The van der Waals surface area contributed by atoms with Crippen LogP contribution in [0.25, 0.3) is 0 Å². The van der Waals surface area contributed by atoms with Crippen molar-refractivity contribution >= 4 is 0 Å². The molecule has 17 heavy (non-hydrogen) atoms. The van der Waals surface area contributed by atoms with E-state index < -0.39 is 17.7 Å². The second-order valence-corrected chi connectivity index (χ2v) is 5.64. The highest BCUT2D eigenvalue weighted by Crippen LogP contribution is 2.43. The number of alkyl halides is 3. The summed E-state index contributed by atoms with van der Waals surface area (Å²) in [5.74, 6) is -0.809. The first-order valence-electron chi connectivity index (χ1n) is 6.56. The van der Waals surface area contributed by atoms with Crippen LogP contribution in [0.5, 0.6) is 0 Å². The molecular weight excluding hydrogens is 229 g/mol. The summed E-state index contributed by atoms with van der Waals surface area (Å²) in [5.41, 5.74) is -0.851. The number of aliphatic hydroxyl groups is 1. The Bertz CT molecular complexity index is 229. The first-order valence-corrected chi connectivity index (χ1v) is 6.56. The maximum absolute atomic E-state index is 12.5. The average molecular weight is 252 g/mol. The molecule has 0 amide bonds. The zero-order valence-electron chi connectivity index (χ0n) is 10.7. The van der Waals surface area contributed by atoms with Gasteiger partial charge in [0.05, 0.1) is 11.5 Å². The van der Waals surface area contributed by atoms with Gasteiger partial charge >= 0.3 is 6.18 Å². The van der Waals surface area contributed by atoms with E-state index in [0.717, 1.165) is 12.8 Å². The Morgan fingerprint density at radius 2 is 1.82 bits per heavy atom. The van der Waals surface area contributed by atoms with Crippen LogP contribution in [0.1, 0.15) is 58.8 Å². The van der Waals surface area contributed by atoms with Gasteiger partial charge in [-0.2, -0.15) is 13.2 Å². The van der Waals surface area contributed by atoms with Gasteiger partial charge in [-0.25, -0.2) is 0 Å². The van der Waals surface area contributed by atoms with E-state index in [4.69, 9.17) is 0 Å². The Labute approximate surface area is 101 Å². The monoisotopic (exact) mass is 252 g/mol. The Balaban J connectivity index is 2.44. The lowest BCUT2D eigenvalue weighted by atomic mass is 9.74. The van der Waals surface area contributed by atoms with Gasteiger partial charge in [-0.15, -0.1) is 0 Å². The summed E-state index contributed by atoms with van der Waals surface area (Å²) in [6.07, 6.45) is -0.594. The molecule has 0 heterocycles. The minimum Gasteiger partial charge on any atom is -0.390 e. The van der Waals surface area contributed by atoms with Gasteiger partial charge in [-0.1, -0.05) is 26.7 Å². The summed E-state index contributed by atoms with van der Waals surface area (Å²) in [5, 5.41) is 10.3. The van der Waals surface area contributed by atoms with E-state index in [9.17, 15) is 18.3 Å².